The van der Waals surface area contributed by atoms with Crippen molar-refractivity contribution in [3.8, 4) is 29.0 Å². The zero-order valence-corrected chi connectivity index (χ0v) is 23.9. The van der Waals surface area contributed by atoms with Gasteiger partial charge in [-0.2, -0.15) is 10.1 Å². The van der Waals surface area contributed by atoms with Gasteiger partial charge in [0.15, 0.2) is 0 Å². The number of rotatable bonds is 5. The molecule has 0 saturated carbocycles. The summed E-state index contributed by atoms with van der Waals surface area (Å²) >= 11 is 0. The molecule has 212 valence electrons. The van der Waals surface area contributed by atoms with Gasteiger partial charge < -0.3 is 10.8 Å². The third-order valence-electron chi connectivity index (χ3n) is 7.20. The van der Waals surface area contributed by atoms with E-state index in [0.717, 1.165) is 5.56 Å². The number of nitrogens with two attached hydrogens (primary N) is 1. The number of halogens is 2. The fourth-order valence-electron chi connectivity index (χ4n) is 5.20. The van der Waals surface area contributed by atoms with Crippen LogP contribution in [0.3, 0.4) is 0 Å². The molecule has 1 aromatic heterocycles. The van der Waals surface area contributed by atoms with Crippen LogP contribution in [0.2, 0.25) is 0 Å². The van der Waals surface area contributed by atoms with Crippen LogP contribution in [-0.2, 0) is 0 Å². The molecule has 0 bridgehead atoms. The van der Waals surface area contributed by atoms with Crippen molar-refractivity contribution in [2.75, 3.05) is 4.90 Å². The Morgan fingerprint density at radius 2 is 1.86 bits per heavy atom. The molecule has 1 aliphatic heterocycles. The molecule has 7 nitrogen and oxygen atoms in total. The summed E-state index contributed by atoms with van der Waals surface area (Å²) in [6.07, 6.45) is 1.79. The molecule has 42 heavy (non-hydrogen) atoms. The Morgan fingerprint density at radius 3 is 2.55 bits per heavy atom. The molecule has 9 heteroatoms. The molecule has 0 saturated heterocycles. The molecule has 0 amide bonds. The maximum Gasteiger partial charge on any atom is 0.145 e. The predicted molar refractivity (Wildman–Crippen MR) is 164 cm³/mol. The van der Waals surface area contributed by atoms with Gasteiger partial charge >= 0.3 is 0 Å². The third kappa shape index (κ3) is 4.92. The lowest BCUT2D eigenvalue weighted by Crippen LogP contribution is -2.38. The smallest absolute Gasteiger partial charge is 0.145 e. The lowest BCUT2D eigenvalue weighted by molar-refractivity contribution is 0.471. The van der Waals surface area contributed by atoms with Gasteiger partial charge in [-0.15, -0.1) is 0 Å². The number of aliphatic imine (C=N–C) groups is 2. The van der Waals surface area contributed by atoms with Gasteiger partial charge in [0.25, 0.3) is 0 Å². The average molecular weight is 565 g/mol. The highest BCUT2D eigenvalue weighted by Gasteiger charge is 2.34. The van der Waals surface area contributed by atoms with Crippen LogP contribution in [-0.4, -0.2) is 26.6 Å². The van der Waals surface area contributed by atoms with Gasteiger partial charge in [0.05, 0.1) is 28.2 Å². The first kappa shape index (κ1) is 28.3. The monoisotopic (exact) mass is 564 g/mol. The number of amidine groups is 2. The van der Waals surface area contributed by atoms with E-state index in [0.29, 0.717) is 51.0 Å². The molecule has 0 aliphatic carbocycles. The molecule has 0 fully saturated rings. The first-order chi connectivity index (χ1) is 20.2. The van der Waals surface area contributed by atoms with Gasteiger partial charge in [-0.05, 0) is 88.7 Å². The van der Waals surface area contributed by atoms with E-state index < -0.39 is 17.7 Å². The first-order valence-corrected chi connectivity index (χ1v) is 13.4. The van der Waals surface area contributed by atoms with Crippen LogP contribution in [0.4, 0.5) is 20.2 Å². The number of aromatic hydroxyl groups is 1. The van der Waals surface area contributed by atoms with Crippen molar-refractivity contribution in [1.29, 1.82) is 0 Å². The van der Waals surface area contributed by atoms with Gasteiger partial charge in [-0.25, -0.2) is 13.8 Å². The van der Waals surface area contributed by atoms with E-state index in [9.17, 15) is 9.50 Å². The van der Waals surface area contributed by atoms with Crippen molar-refractivity contribution in [1.82, 2.24) is 9.78 Å². The van der Waals surface area contributed by atoms with Crippen LogP contribution >= 0.6 is 0 Å². The summed E-state index contributed by atoms with van der Waals surface area (Å²) in [5, 5.41) is 15.1. The molecule has 0 spiro atoms. The minimum atomic E-state index is -0.532. The van der Waals surface area contributed by atoms with Crippen LogP contribution in [0.1, 0.15) is 49.2 Å². The van der Waals surface area contributed by atoms with Gasteiger partial charge in [-0.3, -0.25) is 9.58 Å². The minimum Gasteiger partial charge on any atom is -0.508 e. The lowest BCUT2D eigenvalue weighted by Gasteiger charge is -2.36. The zero-order valence-electron chi connectivity index (χ0n) is 23.9. The number of hydrogen-bond donors (Lipinski definition) is 2. The first-order valence-electron chi connectivity index (χ1n) is 13.4. The highest BCUT2D eigenvalue weighted by molar-refractivity contribution is 6.15. The molecule has 1 atom stereocenters. The molecule has 3 aromatic carbocycles. The van der Waals surface area contributed by atoms with E-state index in [4.69, 9.17) is 15.8 Å². The normalized spacial score (nSPS) is 14.7. The van der Waals surface area contributed by atoms with Gasteiger partial charge in [-0.1, -0.05) is 24.1 Å². The van der Waals surface area contributed by atoms with E-state index in [1.807, 2.05) is 19.9 Å². The summed E-state index contributed by atoms with van der Waals surface area (Å²) < 4.78 is 31.5. The standard InChI is InChI=1S/C33H30F2N6O/c1-6-16-37-32(36)29-20(4)41(39-31(29)22-14-15-28(42)19(3)17-22)21(5)33-38-26-13-9-12-25(35)30(26)27(7-2)40(33)24-11-8-10-23(34)18-24/h7-15,17-18,21,42H,1-5H3,(H2,36,37)/b27-7-. The van der Waals surface area contributed by atoms with Crippen molar-refractivity contribution in [2.45, 2.75) is 40.7 Å². The minimum absolute atomic E-state index is 0.162. The molecule has 2 heterocycles. The Morgan fingerprint density at radius 1 is 1.10 bits per heavy atom. The second kappa shape index (κ2) is 11.3. The Hall–Kier alpha value is -5.23. The number of phenols is 1. The van der Waals surface area contributed by atoms with Crippen molar-refractivity contribution in [2.24, 2.45) is 15.7 Å². The van der Waals surface area contributed by atoms with Crippen LogP contribution in [0.25, 0.3) is 17.0 Å². The quantitative estimate of drug-likeness (QED) is 0.155. The molecule has 1 aliphatic rings. The molecule has 4 aromatic rings. The maximum atomic E-state index is 15.2. The number of aromatic nitrogens is 2. The fraction of sp³-hybridized carbons (Fsp3) is 0.182. The highest BCUT2D eigenvalue weighted by Crippen LogP contribution is 2.41. The van der Waals surface area contributed by atoms with E-state index in [1.165, 1.54) is 18.2 Å². The summed E-state index contributed by atoms with van der Waals surface area (Å²) in [4.78, 5) is 10.9. The van der Waals surface area contributed by atoms with Crippen molar-refractivity contribution in [3.05, 3.63) is 101 Å². The Bertz CT molecular complexity index is 1860. The number of fused-ring (bicyclic) bond motifs is 1. The summed E-state index contributed by atoms with van der Waals surface area (Å²) in [6.45, 7) is 9.06. The second-order valence-electron chi connectivity index (χ2n) is 9.88. The predicted octanol–water partition coefficient (Wildman–Crippen LogP) is 7.01. The van der Waals surface area contributed by atoms with E-state index in [-0.39, 0.29) is 11.6 Å². The Balaban J connectivity index is 1.76. The van der Waals surface area contributed by atoms with Crippen molar-refractivity contribution in [3.63, 3.8) is 0 Å². The number of nitrogens with zero attached hydrogens (tertiary/aromatic N) is 5. The van der Waals surface area contributed by atoms with Gasteiger partial charge in [0.2, 0.25) is 0 Å². The Labute approximate surface area is 243 Å². The number of aryl methyl sites for hydroxylation is 1. The summed E-state index contributed by atoms with van der Waals surface area (Å²) in [5.74, 6) is 2.72. The topological polar surface area (TPSA) is 92.0 Å². The number of allylic oxidation sites excluding steroid dienone is 1. The van der Waals surface area contributed by atoms with E-state index in [2.05, 4.69) is 17.0 Å². The Kier molecular flexibility index (Phi) is 7.64. The lowest BCUT2D eigenvalue weighted by atomic mass is 10.0. The summed E-state index contributed by atoms with van der Waals surface area (Å²) in [6, 6.07) is 18.2. The van der Waals surface area contributed by atoms with Crippen LogP contribution in [0.15, 0.2) is 76.7 Å². The second-order valence-corrected chi connectivity index (χ2v) is 9.88. The SMILES string of the molecule is CC#CN=C(N)c1c(-c2ccc(O)c(C)c2)nn(C(C)C2=Nc3cccc(F)c3/C(=C/C)N2c2cccc(F)c2)c1C. The van der Waals surface area contributed by atoms with E-state index >= 15 is 4.39 Å². The average Bonchev–Trinajstić information content (AvgIpc) is 3.32. The van der Waals surface area contributed by atoms with Gasteiger partial charge in [0, 0.05) is 17.3 Å². The number of benzene rings is 3. The van der Waals surface area contributed by atoms with Crippen molar-refractivity contribution >= 4 is 28.7 Å². The van der Waals surface area contributed by atoms with Crippen molar-refractivity contribution < 1.29 is 13.9 Å². The molecule has 5 rings (SSSR count). The van der Waals surface area contributed by atoms with Crippen LogP contribution in [0, 0.1) is 37.4 Å². The summed E-state index contributed by atoms with van der Waals surface area (Å²) in [5.41, 5.74) is 11.5. The number of anilines is 1. The fourth-order valence-corrected chi connectivity index (χ4v) is 5.20. The number of hydrogen-bond acceptors (Lipinski definition) is 5. The highest BCUT2D eigenvalue weighted by atomic mass is 19.1. The number of phenolic OH excluding ortho intramolecular Hbond substituents is 1. The molecule has 1 unspecified atom stereocenters. The van der Waals surface area contributed by atoms with E-state index in [1.54, 1.807) is 72.8 Å². The molecule has 0 radical (unpaired) electrons. The van der Waals surface area contributed by atoms with Crippen LogP contribution in [0.5, 0.6) is 5.75 Å². The molecular formula is C33H30F2N6O. The van der Waals surface area contributed by atoms with Gasteiger partial charge in [0.1, 0.15) is 40.8 Å². The largest absolute Gasteiger partial charge is 0.508 e. The third-order valence-corrected chi connectivity index (χ3v) is 7.20. The maximum absolute atomic E-state index is 15.2. The zero-order chi connectivity index (χ0) is 30.1. The molecule has 3 N–H and O–H groups in total. The van der Waals surface area contributed by atoms with Crippen LogP contribution < -0.4 is 10.6 Å². The summed E-state index contributed by atoms with van der Waals surface area (Å²) in [7, 11) is 0. The molecular weight excluding hydrogens is 534 g/mol.